The summed E-state index contributed by atoms with van der Waals surface area (Å²) in [6, 6.07) is 67.7. The highest BCUT2D eigenvalue weighted by atomic mass is 32.1. The molecule has 0 unspecified atom stereocenters. The van der Waals surface area contributed by atoms with Gasteiger partial charge >= 0.3 is 0 Å². The number of nitriles is 1. The average Bonchev–Trinajstić information content (AvgIpc) is 1.73. The summed E-state index contributed by atoms with van der Waals surface area (Å²) in [6.07, 6.45) is 11.7. The molecule has 0 fully saturated rings. The number of nitrogens with zero attached hydrogens (tertiary/aromatic N) is 6. The van der Waals surface area contributed by atoms with E-state index in [0.717, 1.165) is 60.8 Å². The van der Waals surface area contributed by atoms with Gasteiger partial charge in [0.2, 0.25) is 28.5 Å². The molecule has 0 N–H and O–H groups in total. The van der Waals surface area contributed by atoms with E-state index in [4.69, 9.17) is 19.2 Å². The van der Waals surface area contributed by atoms with Crippen LogP contribution in [0.5, 0.6) is 5.75 Å². The van der Waals surface area contributed by atoms with Gasteiger partial charge in [-0.25, -0.2) is 27.2 Å². The third-order valence-electron chi connectivity index (χ3n) is 15.5. The van der Waals surface area contributed by atoms with Crippen molar-refractivity contribution in [1.82, 2.24) is 0 Å². The quantitative estimate of drug-likeness (QED) is 0.100. The number of halogens is 1. The minimum Gasteiger partial charge on any atom is -0.497 e. The molecule has 95 heavy (non-hydrogen) atoms. The van der Waals surface area contributed by atoms with Crippen molar-refractivity contribution < 1.29 is 45.9 Å². The molecule has 0 radical (unpaired) electrons. The zero-order chi connectivity index (χ0) is 63.8. The maximum Gasteiger partial charge on any atom is 0.293 e. The highest BCUT2D eigenvalue weighted by molar-refractivity contribution is 7.19. The van der Waals surface area contributed by atoms with Crippen molar-refractivity contribution in [2.45, 2.75) is 78.4 Å². The number of methoxy groups -OCH3 is 1. The molecule has 0 spiro atoms. The molecule has 13 heteroatoms. The molecule has 8 aromatic heterocycles. The van der Waals surface area contributed by atoms with Crippen LogP contribution in [0.2, 0.25) is 0 Å². The second-order valence-corrected chi connectivity index (χ2v) is 24.1. The van der Waals surface area contributed by atoms with Crippen LogP contribution in [0.4, 0.5) is 4.39 Å². The largest absolute Gasteiger partial charge is 0.497 e. The molecule has 0 aliphatic heterocycles. The summed E-state index contributed by atoms with van der Waals surface area (Å²) in [5.74, 6) is 0.659. The van der Waals surface area contributed by atoms with E-state index in [0.29, 0.717) is 11.3 Å². The van der Waals surface area contributed by atoms with Crippen LogP contribution in [0.3, 0.4) is 0 Å². The first kappa shape index (κ1) is 77.2. The molecule has 5 aromatic carbocycles. The number of aromatic nitrogens is 5. The number of aryl methyl sites for hydroxylation is 10. The fourth-order valence-electron chi connectivity index (χ4n) is 10.7. The average molecular weight is 1310 g/mol. The van der Waals surface area contributed by atoms with E-state index in [1.165, 1.54) is 82.8 Å². The number of hydrogen-bond acceptors (Lipinski definition) is 7. The third-order valence-corrected chi connectivity index (χ3v) is 17.8. The van der Waals surface area contributed by atoms with Crippen LogP contribution >= 0.6 is 22.7 Å². The van der Waals surface area contributed by atoms with Crippen LogP contribution in [-0.2, 0) is 51.4 Å². The number of carbonyl (C=O) groups is 1. The van der Waals surface area contributed by atoms with Crippen LogP contribution < -0.4 is 27.6 Å². The Morgan fingerprint density at radius 3 is 1.77 bits per heavy atom. The molecule has 0 bridgehead atoms. The Hall–Kier alpha value is -10.3. The lowest BCUT2D eigenvalue weighted by atomic mass is 10.0. The van der Waals surface area contributed by atoms with Gasteiger partial charge < -0.3 is 13.9 Å². The zero-order valence-electron chi connectivity index (χ0n) is 52.7. The fraction of sp³-hybridized carbons (Fsp3) is 0.207. The topological polar surface area (TPSA) is 91.9 Å². The number of carbonyl (C=O) groups excluding carboxylic acids is 1. The van der Waals surface area contributed by atoms with Gasteiger partial charge in [-0.15, -0.1) is 22.7 Å². The molecular formula is C82H94FN6O4S2+5. The smallest absolute Gasteiger partial charge is 0.293 e. The van der Waals surface area contributed by atoms with E-state index in [-0.39, 0.29) is 49.6 Å². The molecule has 0 aliphatic carbocycles. The van der Waals surface area contributed by atoms with Crippen LogP contribution in [0, 0.1) is 51.8 Å². The first-order chi connectivity index (χ1) is 43.5. The van der Waals surface area contributed by atoms with E-state index in [9.17, 15) is 9.18 Å². The fourth-order valence-corrected chi connectivity index (χ4v) is 12.8. The van der Waals surface area contributed by atoms with Gasteiger partial charge in [0.25, 0.3) is 6.47 Å². The molecule has 13 aromatic rings. The summed E-state index contributed by atoms with van der Waals surface area (Å²) in [6.45, 7) is 11.1. The van der Waals surface area contributed by atoms with Crippen molar-refractivity contribution in [1.29, 1.82) is 5.26 Å². The predicted molar refractivity (Wildman–Crippen MR) is 393 cm³/mol. The van der Waals surface area contributed by atoms with E-state index >= 15 is 0 Å². The third kappa shape index (κ3) is 19.0. The van der Waals surface area contributed by atoms with Crippen LogP contribution in [0.25, 0.3) is 87.8 Å². The molecule has 0 atom stereocenters. The SMILES string of the molecule is C.C.C.C.C.COc1ccc(-c2cccc[n+]2C)cc1.Cc1c[n+](C)c(-c2sc(C#N)cc2C)cc1COC=O.Cc1cc2occc2cc1-c1cc(F)cc[n+]1C.Cc1ccccc1-c1cc(-c2ccccc2)cc[n+]1C.Cc1sc2ccccc2c1-c1cccc[n+]1C. The zero-order valence-corrected chi connectivity index (χ0v) is 54.4. The first-order valence-corrected chi connectivity index (χ1v) is 31.0. The number of fused-ring (bicyclic) bond motifs is 2. The molecule has 8 heterocycles. The molecule has 490 valence electrons. The molecule has 0 amide bonds. The van der Waals surface area contributed by atoms with Gasteiger partial charge in [0.1, 0.15) is 74.8 Å². The first-order valence-electron chi connectivity index (χ1n) is 29.4. The van der Waals surface area contributed by atoms with Crippen molar-refractivity contribution >= 4 is 50.2 Å². The van der Waals surface area contributed by atoms with Crippen molar-refractivity contribution in [2.75, 3.05) is 7.11 Å². The minimum atomic E-state index is -0.227. The van der Waals surface area contributed by atoms with E-state index in [1.807, 2.05) is 129 Å². The number of benzene rings is 5. The van der Waals surface area contributed by atoms with Gasteiger partial charge in [-0.2, -0.15) is 5.26 Å². The Morgan fingerprint density at radius 2 is 1.13 bits per heavy atom. The van der Waals surface area contributed by atoms with Crippen LogP contribution in [-0.4, -0.2) is 13.6 Å². The van der Waals surface area contributed by atoms with Gasteiger partial charge in [-0.1, -0.05) is 104 Å². The Balaban J connectivity index is 0.000000250. The van der Waals surface area contributed by atoms with Gasteiger partial charge in [-0.3, -0.25) is 4.79 Å². The minimum absolute atomic E-state index is 0. The number of ether oxygens (including phenoxy) is 2. The molecule has 0 aliphatic rings. The standard InChI is InChI=1S/C19H18N.C15H13FNO.C15H15N2O2S.C15H14NS.C13H14NO.5CH4/c1-15-8-6-7-11-18(15)19-14-17(12-13-20(19)2)16-9-4-3-5-10-16;1-10-7-15-11(4-6-18-15)8-13(10)14-9-12(16)3-5-17(14)2;1-10-4-13(6-16)20-15(10)14-5-12(8-19-9-18)11(2)7-17(14)3;1-11-15(13-8-5-6-10-16(13)2)12-7-3-4-9-14(12)17-11;1-14-10-4-3-5-13(14)11-6-8-12(15-2)9-7-11;;;;;/h3-14H,1-2H3;3-9H,1-2H3;4-5,7,9H,8H2,1-3H3;3-10H,1-2H3;3-10H,1-2H3;5*1H4/q5*+1;;;;;. The van der Waals surface area contributed by atoms with Gasteiger partial charge in [-0.05, 0) is 135 Å². The number of pyridine rings is 5. The summed E-state index contributed by atoms with van der Waals surface area (Å²) >= 11 is 3.34. The molecule has 0 saturated heterocycles. The normalized spacial score (nSPS) is 9.97. The lowest BCUT2D eigenvalue weighted by molar-refractivity contribution is -0.660. The van der Waals surface area contributed by atoms with Gasteiger partial charge in [0.15, 0.2) is 31.0 Å². The maximum atomic E-state index is 13.4. The highest BCUT2D eigenvalue weighted by Crippen LogP contribution is 2.37. The summed E-state index contributed by atoms with van der Waals surface area (Å²) in [5.41, 5.74) is 19.3. The molecule has 0 saturated carbocycles. The van der Waals surface area contributed by atoms with E-state index in [1.54, 1.807) is 25.6 Å². The summed E-state index contributed by atoms with van der Waals surface area (Å²) < 4.78 is 40.5. The van der Waals surface area contributed by atoms with Crippen molar-refractivity contribution in [3.63, 3.8) is 0 Å². The van der Waals surface area contributed by atoms with Crippen molar-refractivity contribution in [3.8, 4) is 78.5 Å². The van der Waals surface area contributed by atoms with Crippen molar-refractivity contribution in [3.05, 3.63) is 275 Å². The Kier molecular flexibility index (Phi) is 29.5. The van der Waals surface area contributed by atoms with Gasteiger partial charge in [0, 0.05) is 97.2 Å². The Bertz CT molecular complexity index is 4660. The number of thiophene rings is 2. The monoisotopic (exact) mass is 1310 g/mol. The lowest BCUT2D eigenvalue weighted by Gasteiger charge is -2.06. The van der Waals surface area contributed by atoms with Gasteiger partial charge in [0.05, 0.1) is 24.5 Å². The summed E-state index contributed by atoms with van der Waals surface area (Å²) in [4.78, 5) is 13.5. The van der Waals surface area contributed by atoms with E-state index < -0.39 is 0 Å². The maximum absolute atomic E-state index is 13.4. The number of hydrogen-bond donors (Lipinski definition) is 0. The van der Waals surface area contributed by atoms with Crippen LogP contribution in [0.1, 0.15) is 74.7 Å². The Labute approximate surface area is 572 Å². The Morgan fingerprint density at radius 1 is 0.516 bits per heavy atom. The highest BCUT2D eigenvalue weighted by Gasteiger charge is 2.21. The van der Waals surface area contributed by atoms with Crippen molar-refractivity contribution in [2.24, 2.45) is 35.2 Å². The number of rotatable bonds is 10. The summed E-state index contributed by atoms with van der Waals surface area (Å²) in [7, 11) is 11.8. The van der Waals surface area contributed by atoms with Crippen LogP contribution in [0.15, 0.2) is 236 Å². The summed E-state index contributed by atoms with van der Waals surface area (Å²) in [5, 5.41) is 11.4. The molecule has 10 nitrogen and oxygen atoms in total. The van der Waals surface area contributed by atoms with E-state index in [2.05, 4.69) is 188 Å². The molecule has 13 rings (SSSR count). The molecular weight excluding hydrogens is 1220 g/mol. The second kappa shape index (κ2) is 36.3. The predicted octanol–water partition coefficient (Wildman–Crippen LogP) is 19.0. The number of furan rings is 1. The lowest BCUT2D eigenvalue weighted by Crippen LogP contribution is -2.31. The second-order valence-electron chi connectivity index (χ2n) is 21.8.